The lowest BCUT2D eigenvalue weighted by molar-refractivity contribution is -0.202. The summed E-state index contributed by atoms with van der Waals surface area (Å²) in [5.74, 6) is 0.956. The Balaban J connectivity index is 1.33. The summed E-state index contributed by atoms with van der Waals surface area (Å²) < 4.78 is 48.7. The highest BCUT2D eigenvalue weighted by Crippen LogP contribution is 2.30. The largest absolute Gasteiger partial charge is 0.475 e. The van der Waals surface area contributed by atoms with Gasteiger partial charge in [-0.05, 0) is 44.6 Å². The van der Waals surface area contributed by atoms with E-state index >= 15 is 0 Å². The molecule has 0 amide bonds. The molecule has 2 aliphatic rings. The molecule has 204 valence electrons. The number of hydrogen-bond acceptors (Lipinski definition) is 9. The van der Waals surface area contributed by atoms with Gasteiger partial charge < -0.3 is 30.9 Å². The van der Waals surface area contributed by atoms with Gasteiger partial charge in [-0.1, -0.05) is 11.6 Å². The minimum Gasteiger partial charge on any atom is -0.475 e. The first-order valence-electron chi connectivity index (χ1n) is 12.3. The maximum absolute atomic E-state index is 12.5. The Kier molecular flexibility index (Phi) is 9.07. The molecule has 13 heteroatoms. The first kappa shape index (κ1) is 27.8. The van der Waals surface area contributed by atoms with Crippen LogP contribution in [0.2, 0.25) is 5.02 Å². The van der Waals surface area contributed by atoms with Crippen LogP contribution in [0.25, 0.3) is 11.3 Å². The molecule has 0 unspecified atom stereocenters. The second-order valence-corrected chi connectivity index (χ2v) is 10.1. The van der Waals surface area contributed by atoms with Crippen molar-refractivity contribution in [1.82, 2.24) is 20.3 Å². The smallest absolute Gasteiger partial charge is 0.415 e. The molecule has 1 saturated heterocycles. The number of nitrogens with one attached hydrogen (secondary N) is 2. The highest BCUT2D eigenvalue weighted by Gasteiger charge is 2.38. The standard InChI is InChI=1S/C24H32ClF3N6O3/c25-18-10-32-21(33-16-3-1-15(2-4-16)31-12-20(35)24(26,27)28)9-17(18)19-11-30-13-22(34-19)37-14-23(29)5-7-36-8-6-23/h9-11,13,15-16,20,31,35H,1-8,12,14,29H2,(H,32,33)/t15?,16?,20-/m0/s1. The van der Waals surface area contributed by atoms with Crippen molar-refractivity contribution in [1.29, 1.82) is 0 Å². The lowest BCUT2D eigenvalue weighted by Crippen LogP contribution is -2.49. The number of halogens is 4. The van der Waals surface area contributed by atoms with Crippen molar-refractivity contribution in [3.63, 3.8) is 0 Å². The summed E-state index contributed by atoms with van der Waals surface area (Å²) in [5.41, 5.74) is 7.10. The van der Waals surface area contributed by atoms with Gasteiger partial charge in [0.25, 0.3) is 0 Å². The number of rotatable bonds is 9. The van der Waals surface area contributed by atoms with E-state index in [1.165, 1.54) is 12.4 Å². The van der Waals surface area contributed by atoms with E-state index in [1.54, 1.807) is 12.3 Å². The summed E-state index contributed by atoms with van der Waals surface area (Å²) in [4.78, 5) is 13.2. The Bertz CT molecular complexity index is 1030. The number of aliphatic hydroxyl groups excluding tert-OH is 1. The molecule has 2 aromatic rings. The molecule has 2 fully saturated rings. The number of aliphatic hydroxyl groups is 1. The third kappa shape index (κ3) is 7.87. The average Bonchev–Trinajstić information content (AvgIpc) is 2.88. The number of nitrogens with two attached hydrogens (primary N) is 1. The molecular weight excluding hydrogens is 513 g/mol. The van der Waals surface area contributed by atoms with Crippen molar-refractivity contribution in [2.24, 2.45) is 5.73 Å². The van der Waals surface area contributed by atoms with E-state index < -0.39 is 24.4 Å². The van der Waals surface area contributed by atoms with Crippen molar-refractivity contribution in [3.05, 3.63) is 29.7 Å². The lowest BCUT2D eigenvalue weighted by atomic mass is 9.91. The third-order valence-corrected chi connectivity index (χ3v) is 7.10. The van der Waals surface area contributed by atoms with Crippen LogP contribution in [-0.4, -0.2) is 76.3 Å². The van der Waals surface area contributed by atoms with Gasteiger partial charge in [-0.3, -0.25) is 4.98 Å². The van der Waals surface area contributed by atoms with Crippen LogP contribution < -0.4 is 21.1 Å². The molecule has 3 heterocycles. The van der Waals surface area contributed by atoms with Gasteiger partial charge in [0.1, 0.15) is 12.4 Å². The number of aromatic nitrogens is 3. The van der Waals surface area contributed by atoms with Crippen molar-refractivity contribution >= 4 is 17.4 Å². The summed E-state index contributed by atoms with van der Waals surface area (Å²) in [6.07, 6.45) is 1.96. The van der Waals surface area contributed by atoms with E-state index in [0.29, 0.717) is 73.5 Å². The number of anilines is 1. The predicted octanol–water partition coefficient (Wildman–Crippen LogP) is 3.31. The summed E-state index contributed by atoms with van der Waals surface area (Å²) >= 11 is 6.42. The van der Waals surface area contributed by atoms with E-state index in [9.17, 15) is 18.3 Å². The fourth-order valence-electron chi connectivity index (χ4n) is 4.45. The molecule has 1 aliphatic heterocycles. The third-order valence-electron chi connectivity index (χ3n) is 6.80. The number of hydrogen-bond donors (Lipinski definition) is 4. The van der Waals surface area contributed by atoms with Crippen LogP contribution in [-0.2, 0) is 4.74 Å². The first-order valence-corrected chi connectivity index (χ1v) is 12.7. The molecule has 5 N–H and O–H groups in total. The average molecular weight is 545 g/mol. The fourth-order valence-corrected chi connectivity index (χ4v) is 4.65. The van der Waals surface area contributed by atoms with Crippen LogP contribution in [0.5, 0.6) is 5.88 Å². The van der Waals surface area contributed by atoms with E-state index in [-0.39, 0.29) is 12.1 Å². The van der Waals surface area contributed by atoms with Gasteiger partial charge in [0.2, 0.25) is 5.88 Å². The van der Waals surface area contributed by atoms with Crippen molar-refractivity contribution in [3.8, 4) is 17.1 Å². The second-order valence-electron chi connectivity index (χ2n) is 9.71. The van der Waals surface area contributed by atoms with E-state index in [0.717, 1.165) is 12.8 Å². The molecule has 37 heavy (non-hydrogen) atoms. The number of alkyl halides is 3. The molecule has 0 bridgehead atoms. The highest BCUT2D eigenvalue weighted by atomic mass is 35.5. The summed E-state index contributed by atoms with van der Waals surface area (Å²) in [7, 11) is 0. The van der Waals surface area contributed by atoms with E-state index in [2.05, 4.69) is 25.6 Å². The first-order chi connectivity index (χ1) is 17.6. The zero-order valence-electron chi connectivity index (χ0n) is 20.3. The Morgan fingerprint density at radius 2 is 1.86 bits per heavy atom. The minimum absolute atomic E-state index is 0.0735. The minimum atomic E-state index is -4.61. The predicted molar refractivity (Wildman–Crippen MR) is 132 cm³/mol. The van der Waals surface area contributed by atoms with Gasteiger partial charge in [-0.25, -0.2) is 9.97 Å². The lowest BCUT2D eigenvalue weighted by Gasteiger charge is -2.32. The fraction of sp³-hybridized carbons (Fsp3) is 0.625. The maximum Gasteiger partial charge on any atom is 0.415 e. The van der Waals surface area contributed by atoms with Gasteiger partial charge in [0.15, 0.2) is 6.10 Å². The normalized spacial score (nSPS) is 22.9. The molecule has 0 aromatic carbocycles. The Morgan fingerprint density at radius 1 is 1.16 bits per heavy atom. The van der Waals surface area contributed by atoms with Crippen LogP contribution in [0.3, 0.4) is 0 Å². The van der Waals surface area contributed by atoms with Crippen molar-refractivity contribution < 1.29 is 27.8 Å². The monoisotopic (exact) mass is 544 g/mol. The quantitative estimate of drug-likeness (QED) is 0.376. The number of nitrogens with zero attached hydrogens (tertiary/aromatic N) is 3. The zero-order chi connectivity index (χ0) is 26.5. The second kappa shape index (κ2) is 12.1. The molecule has 1 atom stereocenters. The van der Waals surface area contributed by atoms with Crippen LogP contribution in [0.4, 0.5) is 19.0 Å². The van der Waals surface area contributed by atoms with Crippen molar-refractivity contribution in [2.75, 3.05) is 31.7 Å². The van der Waals surface area contributed by atoms with Crippen LogP contribution in [0.15, 0.2) is 24.7 Å². The van der Waals surface area contributed by atoms with Gasteiger partial charge in [0.05, 0.1) is 28.6 Å². The SMILES string of the molecule is NC1(COc2cncc(-c3cc(NC4CCC(NC[C@H](O)C(F)(F)F)CC4)ncc3Cl)n2)CCOCC1. The van der Waals surface area contributed by atoms with Gasteiger partial charge >= 0.3 is 6.18 Å². The maximum atomic E-state index is 12.5. The Hall–Kier alpha value is -2.25. The van der Waals surface area contributed by atoms with Crippen molar-refractivity contribution in [2.45, 2.75) is 68.4 Å². The van der Waals surface area contributed by atoms with Gasteiger partial charge in [-0.2, -0.15) is 13.2 Å². The summed E-state index contributed by atoms with van der Waals surface area (Å²) in [6, 6.07) is 1.83. The summed E-state index contributed by atoms with van der Waals surface area (Å²) in [5, 5.41) is 15.8. The number of ether oxygens (including phenoxy) is 2. The molecule has 4 rings (SSSR count). The van der Waals surface area contributed by atoms with Gasteiger partial charge in [-0.15, -0.1) is 0 Å². The molecule has 1 aliphatic carbocycles. The molecule has 1 saturated carbocycles. The molecule has 2 aromatic heterocycles. The molecule has 0 spiro atoms. The zero-order valence-corrected chi connectivity index (χ0v) is 21.1. The van der Waals surface area contributed by atoms with E-state index in [1.807, 2.05) is 0 Å². The van der Waals surface area contributed by atoms with Crippen LogP contribution in [0, 0.1) is 0 Å². The van der Waals surface area contributed by atoms with Gasteiger partial charge in [0, 0.05) is 43.6 Å². The topological polar surface area (TPSA) is 127 Å². The summed E-state index contributed by atoms with van der Waals surface area (Å²) in [6.45, 7) is 1.01. The van der Waals surface area contributed by atoms with E-state index in [4.69, 9.17) is 26.8 Å². The molecule has 9 nitrogen and oxygen atoms in total. The highest BCUT2D eigenvalue weighted by molar-refractivity contribution is 6.33. The Labute approximate surface area is 218 Å². The molecular formula is C24H32ClF3N6O3. The van der Waals surface area contributed by atoms with Crippen LogP contribution in [0.1, 0.15) is 38.5 Å². The number of pyridine rings is 1. The Morgan fingerprint density at radius 3 is 2.57 bits per heavy atom. The van der Waals surface area contributed by atoms with Crippen LogP contribution >= 0.6 is 11.6 Å². The molecule has 0 radical (unpaired) electrons.